The summed E-state index contributed by atoms with van der Waals surface area (Å²) in [5.74, 6) is 0. The molecule has 1 aromatic carbocycles. The molecule has 0 spiro atoms. The van der Waals surface area contributed by atoms with Crippen LogP contribution in [0.25, 0.3) is 10.9 Å². The second kappa shape index (κ2) is 5.58. The Kier molecular flexibility index (Phi) is 3.81. The van der Waals surface area contributed by atoms with Gasteiger partial charge in [0, 0.05) is 55.4 Å². The highest BCUT2D eigenvalue weighted by atomic mass is 15.2. The van der Waals surface area contributed by atoms with Crippen LogP contribution < -0.4 is 5.32 Å². The number of nitrogens with one attached hydrogen (secondary N) is 1. The number of hydrogen-bond donors (Lipinski definition) is 1. The quantitative estimate of drug-likeness (QED) is 0.926. The first-order chi connectivity index (χ1) is 9.65. The summed E-state index contributed by atoms with van der Waals surface area (Å²) in [6.07, 6.45) is 0. The molecule has 1 aromatic heterocycles. The van der Waals surface area contributed by atoms with E-state index in [-0.39, 0.29) is 0 Å². The lowest BCUT2D eigenvalue weighted by molar-refractivity contribution is 0.233. The van der Waals surface area contributed by atoms with Crippen LogP contribution in [0.1, 0.15) is 31.1 Å². The lowest BCUT2D eigenvalue weighted by atomic mass is 10.1. The van der Waals surface area contributed by atoms with E-state index < -0.39 is 0 Å². The number of fused-ring (bicyclic) bond motifs is 1. The number of benzene rings is 1. The summed E-state index contributed by atoms with van der Waals surface area (Å²) in [6.45, 7) is 12.3. The van der Waals surface area contributed by atoms with Crippen LogP contribution in [-0.2, 0) is 6.54 Å². The van der Waals surface area contributed by atoms with Crippen molar-refractivity contribution in [3.63, 3.8) is 0 Å². The van der Waals surface area contributed by atoms with E-state index in [1.807, 2.05) is 0 Å². The first-order valence-electron chi connectivity index (χ1n) is 7.68. The van der Waals surface area contributed by atoms with Gasteiger partial charge < -0.3 is 9.88 Å². The van der Waals surface area contributed by atoms with Crippen molar-refractivity contribution in [2.75, 3.05) is 26.2 Å². The highest BCUT2D eigenvalue weighted by Crippen LogP contribution is 2.25. The van der Waals surface area contributed by atoms with Gasteiger partial charge in [0.25, 0.3) is 0 Å². The lowest BCUT2D eigenvalue weighted by Crippen LogP contribution is -2.42. The first kappa shape index (κ1) is 13.7. The minimum atomic E-state index is 0.520. The van der Waals surface area contributed by atoms with E-state index in [0.29, 0.717) is 6.04 Å². The molecular formula is C17H25N3. The molecular weight excluding hydrogens is 246 g/mol. The van der Waals surface area contributed by atoms with Gasteiger partial charge in [-0.3, -0.25) is 4.90 Å². The van der Waals surface area contributed by atoms with Crippen LogP contribution in [0.15, 0.2) is 24.3 Å². The molecule has 0 aliphatic carbocycles. The molecule has 0 saturated carbocycles. The summed E-state index contributed by atoms with van der Waals surface area (Å²) in [6, 6.07) is 9.79. The van der Waals surface area contributed by atoms with E-state index >= 15 is 0 Å². The van der Waals surface area contributed by atoms with Crippen LogP contribution >= 0.6 is 0 Å². The molecule has 20 heavy (non-hydrogen) atoms. The van der Waals surface area contributed by atoms with Crippen molar-refractivity contribution in [2.45, 2.75) is 33.4 Å². The fraction of sp³-hybridized carbons (Fsp3) is 0.529. The zero-order valence-electron chi connectivity index (χ0n) is 12.8. The molecule has 1 aliphatic heterocycles. The number of nitrogens with zero attached hydrogens (tertiary/aromatic N) is 2. The maximum atomic E-state index is 3.41. The topological polar surface area (TPSA) is 20.2 Å². The van der Waals surface area contributed by atoms with Crippen molar-refractivity contribution in [2.24, 2.45) is 0 Å². The predicted octanol–water partition coefficient (Wildman–Crippen LogP) is 2.94. The van der Waals surface area contributed by atoms with Crippen LogP contribution in [0, 0.1) is 6.92 Å². The summed E-state index contributed by atoms with van der Waals surface area (Å²) in [5, 5.41) is 4.79. The number of piperazine rings is 1. The predicted molar refractivity (Wildman–Crippen MR) is 85.2 cm³/mol. The first-order valence-corrected chi connectivity index (χ1v) is 7.68. The Balaban J connectivity index is 1.87. The third-order valence-electron chi connectivity index (χ3n) is 4.23. The summed E-state index contributed by atoms with van der Waals surface area (Å²) < 4.78 is 2.42. The Labute approximate surface area is 121 Å². The van der Waals surface area contributed by atoms with Crippen LogP contribution in [0.5, 0.6) is 0 Å². The van der Waals surface area contributed by atoms with Gasteiger partial charge in [-0.05, 0) is 44.5 Å². The minimum absolute atomic E-state index is 0.520. The maximum Gasteiger partial charge on any atom is 0.0485 e. The van der Waals surface area contributed by atoms with Gasteiger partial charge in [-0.2, -0.15) is 0 Å². The van der Waals surface area contributed by atoms with E-state index in [1.165, 1.54) is 22.2 Å². The lowest BCUT2D eigenvalue weighted by Gasteiger charge is -2.27. The Hall–Kier alpha value is -1.32. The van der Waals surface area contributed by atoms with Gasteiger partial charge in [-0.25, -0.2) is 0 Å². The molecule has 1 saturated heterocycles. The Bertz CT molecular complexity index is 592. The Morgan fingerprint density at radius 2 is 1.90 bits per heavy atom. The van der Waals surface area contributed by atoms with Gasteiger partial charge in [0.05, 0.1) is 0 Å². The molecule has 2 aromatic rings. The highest BCUT2D eigenvalue weighted by molar-refractivity contribution is 5.82. The third-order valence-corrected chi connectivity index (χ3v) is 4.23. The zero-order valence-corrected chi connectivity index (χ0v) is 12.8. The maximum absolute atomic E-state index is 3.41. The second-order valence-electron chi connectivity index (χ2n) is 6.17. The van der Waals surface area contributed by atoms with Gasteiger partial charge in [0.2, 0.25) is 0 Å². The molecule has 0 amide bonds. The molecule has 0 bridgehead atoms. The van der Waals surface area contributed by atoms with E-state index in [9.17, 15) is 0 Å². The summed E-state index contributed by atoms with van der Waals surface area (Å²) in [4.78, 5) is 2.53. The normalized spacial score (nSPS) is 17.2. The van der Waals surface area contributed by atoms with Gasteiger partial charge in [0.15, 0.2) is 0 Å². The molecule has 108 valence electrons. The average molecular weight is 271 g/mol. The van der Waals surface area contributed by atoms with Crippen LogP contribution in [0.3, 0.4) is 0 Å². The van der Waals surface area contributed by atoms with E-state index in [1.54, 1.807) is 0 Å². The number of aryl methyl sites for hydroxylation is 1. The second-order valence-corrected chi connectivity index (χ2v) is 6.17. The van der Waals surface area contributed by atoms with Gasteiger partial charge in [0.1, 0.15) is 0 Å². The molecule has 1 N–H and O–H groups in total. The standard InChI is InChI=1S/C17H25N3/c1-13(2)20-14(3)10-16-11-15(4-5-17(16)20)12-19-8-6-18-7-9-19/h4-5,10-11,13,18H,6-9,12H2,1-3H3. The van der Waals surface area contributed by atoms with Crippen molar-refractivity contribution in [3.8, 4) is 0 Å². The monoisotopic (exact) mass is 271 g/mol. The highest BCUT2D eigenvalue weighted by Gasteiger charge is 2.12. The molecule has 0 radical (unpaired) electrons. The van der Waals surface area contributed by atoms with Gasteiger partial charge >= 0.3 is 0 Å². The molecule has 1 aliphatic rings. The number of rotatable bonds is 3. The number of hydrogen-bond acceptors (Lipinski definition) is 2. The Morgan fingerprint density at radius 3 is 2.60 bits per heavy atom. The molecule has 3 rings (SSSR count). The largest absolute Gasteiger partial charge is 0.342 e. The average Bonchev–Trinajstić information content (AvgIpc) is 2.75. The SMILES string of the molecule is Cc1cc2cc(CN3CCNCC3)ccc2n1C(C)C. The van der Waals surface area contributed by atoms with Crippen molar-refractivity contribution in [1.82, 2.24) is 14.8 Å². The van der Waals surface area contributed by atoms with E-state index in [4.69, 9.17) is 0 Å². The van der Waals surface area contributed by atoms with Crippen molar-refractivity contribution in [3.05, 3.63) is 35.5 Å². The molecule has 2 heterocycles. The molecule has 1 fully saturated rings. The minimum Gasteiger partial charge on any atom is -0.342 e. The van der Waals surface area contributed by atoms with Crippen molar-refractivity contribution >= 4 is 10.9 Å². The van der Waals surface area contributed by atoms with Gasteiger partial charge in [-0.15, -0.1) is 0 Å². The number of aromatic nitrogens is 1. The fourth-order valence-electron chi connectivity index (χ4n) is 3.33. The molecule has 3 nitrogen and oxygen atoms in total. The van der Waals surface area contributed by atoms with E-state index in [2.05, 4.69) is 59.8 Å². The molecule has 3 heteroatoms. The Morgan fingerprint density at radius 1 is 1.15 bits per heavy atom. The van der Waals surface area contributed by atoms with Crippen molar-refractivity contribution < 1.29 is 0 Å². The van der Waals surface area contributed by atoms with Gasteiger partial charge in [-0.1, -0.05) is 6.07 Å². The van der Waals surface area contributed by atoms with Crippen LogP contribution in [-0.4, -0.2) is 35.6 Å². The smallest absolute Gasteiger partial charge is 0.0485 e. The fourth-order valence-corrected chi connectivity index (χ4v) is 3.33. The molecule has 0 unspecified atom stereocenters. The zero-order chi connectivity index (χ0) is 14.1. The summed E-state index contributed by atoms with van der Waals surface area (Å²) >= 11 is 0. The van der Waals surface area contributed by atoms with E-state index in [0.717, 1.165) is 32.7 Å². The third kappa shape index (κ3) is 2.60. The summed E-state index contributed by atoms with van der Waals surface area (Å²) in [5.41, 5.74) is 4.15. The van der Waals surface area contributed by atoms with Crippen LogP contribution in [0.4, 0.5) is 0 Å². The van der Waals surface area contributed by atoms with Crippen LogP contribution in [0.2, 0.25) is 0 Å². The molecule has 0 atom stereocenters. The van der Waals surface area contributed by atoms with Crippen molar-refractivity contribution in [1.29, 1.82) is 0 Å². The summed E-state index contributed by atoms with van der Waals surface area (Å²) in [7, 11) is 0.